The van der Waals surface area contributed by atoms with Crippen LogP contribution in [0.5, 0.6) is 0 Å². The molecule has 0 aliphatic carbocycles. The Kier molecular flexibility index (Phi) is 54.5. The summed E-state index contributed by atoms with van der Waals surface area (Å²) in [5.74, 6) is -33.5. The minimum absolute atomic E-state index is 0.00360. The molecule has 0 unspecified atom stereocenters. The average molecular weight is 1970 g/mol. The van der Waals surface area contributed by atoms with E-state index in [4.69, 9.17) is 44.9 Å². The maximum absolute atomic E-state index is 14.7. The molecule has 0 aromatic rings. The van der Waals surface area contributed by atoms with E-state index in [1.807, 2.05) is 16.0 Å². The number of unbranched alkanes of at least 4 members (excludes halogenated alkanes) is 1. The molecule has 39 N–H and O–H groups in total. The molecule has 59 nitrogen and oxygen atoms in total. The topological polar surface area (TPSA) is 988 Å². The van der Waals surface area contributed by atoms with Crippen molar-refractivity contribution in [3.63, 3.8) is 0 Å². The third-order valence-corrected chi connectivity index (χ3v) is 20.3. The number of nitrogens with zero attached hydrogens (tertiary/aromatic N) is 1. The Morgan fingerprint density at radius 2 is 0.746 bits per heavy atom. The lowest BCUT2D eigenvalue weighted by Crippen LogP contribution is -2.61. The third-order valence-electron chi connectivity index (χ3n) is 20.3. The Morgan fingerprint density at radius 3 is 1.19 bits per heavy atom. The maximum atomic E-state index is 14.7. The van der Waals surface area contributed by atoms with Gasteiger partial charge in [-0.05, 0) is 117 Å². The first-order chi connectivity index (χ1) is 64.4. The van der Waals surface area contributed by atoms with E-state index in [2.05, 4.69) is 79.8 Å². The Labute approximate surface area is 789 Å². The molecule has 1 fully saturated rings. The number of hydrogen-bond acceptors (Lipinski definition) is 32. The Morgan fingerprint density at radius 1 is 0.362 bits per heavy atom. The summed E-state index contributed by atoms with van der Waals surface area (Å²) in [6.07, 6.45) is -11.9. The van der Waals surface area contributed by atoms with Crippen LogP contribution >= 0.6 is 0 Å². The van der Waals surface area contributed by atoms with Crippen molar-refractivity contribution in [1.82, 2.24) is 101 Å². The van der Waals surface area contributed by atoms with Crippen molar-refractivity contribution in [3.05, 3.63) is 0 Å². The molecular weight excluding hydrogens is 1840 g/mol. The smallest absolute Gasteiger partial charge is 0.322 e. The number of carboxylic acids is 4. The maximum Gasteiger partial charge on any atom is 0.322 e. The van der Waals surface area contributed by atoms with Gasteiger partial charge in [-0.3, -0.25) is 125 Å². The van der Waals surface area contributed by atoms with E-state index >= 15 is 0 Å². The molecule has 138 heavy (non-hydrogen) atoms. The fourth-order valence-corrected chi connectivity index (χ4v) is 13.0. The SMILES string of the molecule is CC(C)C[C@H](NC(=O)[C@H](CC(N)=O)NC(=O)[C@H](CC(C)C)NC(=O)[C@H](CO)NC(=O)[C@@H](N)[C@@H](C)O)C(=O)N[C@@H](CCC(N)=O)C(=O)N[C@@H](CCCCN)C(=O)N[C@@H](CC(=O)O)C(=O)N[C@@H](CCC(=O)O)C(=O)N1CCC[C@H]1C(=O)N[C@@H](CC(N)=O)C(=O)NCC(=O)N[C@@H](CCCNC(=N)N)C(=O)N[C@@H](C)C(=O)N[C@@H](CO)C(=O)N[C@@H](CC(=O)O)C(=O)N[C@H](C(=O)N[C@@H](C)C(=O)NCC(=O)O)[C@@H](C)O. The molecular formula is C79H132N26O33. The van der Waals surface area contributed by atoms with E-state index in [1.165, 1.54) is 6.92 Å². The van der Waals surface area contributed by atoms with Crippen molar-refractivity contribution in [2.24, 2.45) is 46.2 Å². The lowest BCUT2D eigenvalue weighted by molar-refractivity contribution is -0.144. The summed E-state index contributed by atoms with van der Waals surface area (Å²) in [7, 11) is 0. The number of likely N-dealkylation sites (tertiary alicyclic amines) is 1. The van der Waals surface area contributed by atoms with Crippen LogP contribution in [0.2, 0.25) is 0 Å². The second kappa shape index (κ2) is 61.7. The van der Waals surface area contributed by atoms with Crippen molar-refractivity contribution in [2.75, 3.05) is 45.9 Å². The van der Waals surface area contributed by atoms with Crippen LogP contribution in [0, 0.1) is 17.2 Å². The van der Waals surface area contributed by atoms with E-state index in [1.54, 1.807) is 27.7 Å². The van der Waals surface area contributed by atoms with Crippen LogP contribution < -0.4 is 130 Å². The summed E-state index contributed by atoms with van der Waals surface area (Å²) < 4.78 is 0. The number of carboxylic acid groups (broad SMARTS) is 4. The number of nitrogens with one attached hydrogen (secondary N) is 19. The highest BCUT2D eigenvalue weighted by atomic mass is 16.4. The number of rotatable bonds is 66. The zero-order chi connectivity index (χ0) is 105. The molecule has 0 radical (unpaired) electrons. The van der Waals surface area contributed by atoms with Crippen molar-refractivity contribution in [3.8, 4) is 0 Å². The molecule has 0 bridgehead atoms. The largest absolute Gasteiger partial charge is 0.481 e. The van der Waals surface area contributed by atoms with Gasteiger partial charge in [-0.25, -0.2) is 0 Å². The van der Waals surface area contributed by atoms with Crippen LogP contribution in [0.15, 0.2) is 0 Å². The number of primary amides is 3. The summed E-state index contributed by atoms with van der Waals surface area (Å²) in [5, 5.41) is 126. The van der Waals surface area contributed by atoms with Crippen LogP contribution in [0.3, 0.4) is 0 Å². The summed E-state index contributed by atoms with van der Waals surface area (Å²) >= 11 is 0. The number of aliphatic carboxylic acids is 4. The first kappa shape index (κ1) is 122. The predicted octanol–water partition coefficient (Wildman–Crippen LogP) is -16.0. The van der Waals surface area contributed by atoms with Crippen LogP contribution in [-0.4, -0.2) is 360 Å². The summed E-state index contributed by atoms with van der Waals surface area (Å²) in [6.45, 7) is 6.11. The first-order valence-corrected chi connectivity index (χ1v) is 43.6. The lowest BCUT2D eigenvalue weighted by atomic mass is 10.00. The number of aliphatic hydroxyl groups excluding tert-OH is 4. The summed E-state index contributed by atoms with van der Waals surface area (Å²) in [6, 6.07) is -30.8. The molecule has 776 valence electrons. The van der Waals surface area contributed by atoms with Gasteiger partial charge in [0, 0.05) is 25.9 Å². The molecule has 0 aromatic carbocycles. The van der Waals surface area contributed by atoms with Crippen LogP contribution in [-0.2, 0) is 120 Å². The second-order valence-corrected chi connectivity index (χ2v) is 33.1. The third kappa shape index (κ3) is 46.3. The molecule has 1 heterocycles. The van der Waals surface area contributed by atoms with E-state index in [0.717, 1.165) is 25.7 Å². The zero-order valence-corrected chi connectivity index (χ0v) is 77.3. The number of guanidine groups is 1. The van der Waals surface area contributed by atoms with Crippen LogP contribution in [0.1, 0.15) is 165 Å². The van der Waals surface area contributed by atoms with Gasteiger partial charge >= 0.3 is 23.9 Å². The van der Waals surface area contributed by atoms with Gasteiger partial charge in [-0.1, -0.05) is 27.7 Å². The minimum atomic E-state index is -2.22. The average Bonchev–Trinajstić information content (AvgIpc) is 1.66. The van der Waals surface area contributed by atoms with Gasteiger partial charge in [-0.2, -0.15) is 0 Å². The number of nitrogens with two attached hydrogens (primary N) is 6. The highest BCUT2D eigenvalue weighted by molar-refractivity contribution is 6.03. The van der Waals surface area contributed by atoms with E-state index in [9.17, 15) is 156 Å². The van der Waals surface area contributed by atoms with Gasteiger partial charge in [0.1, 0.15) is 109 Å². The van der Waals surface area contributed by atoms with Crippen LogP contribution in [0.4, 0.5) is 0 Å². The normalized spacial score (nSPS) is 16.1. The molecule has 0 spiro atoms. The number of aliphatic hydroxyl groups is 4. The molecule has 1 rings (SSSR count). The van der Waals surface area contributed by atoms with Gasteiger partial charge in [0.15, 0.2) is 5.96 Å². The lowest BCUT2D eigenvalue weighted by Gasteiger charge is -2.30. The van der Waals surface area contributed by atoms with Gasteiger partial charge in [0.2, 0.25) is 124 Å². The first-order valence-electron chi connectivity index (χ1n) is 43.6. The number of carbonyl (C=O) groups is 25. The molecule has 21 amide bonds. The van der Waals surface area contributed by atoms with E-state index in [-0.39, 0.29) is 83.3 Å². The summed E-state index contributed by atoms with van der Waals surface area (Å²) in [4.78, 5) is 333. The molecule has 1 saturated heterocycles. The molecule has 1 aliphatic rings. The minimum Gasteiger partial charge on any atom is -0.481 e. The monoisotopic (exact) mass is 1970 g/mol. The Balaban J connectivity index is 3.60. The van der Waals surface area contributed by atoms with Gasteiger partial charge in [0.05, 0.1) is 57.6 Å². The zero-order valence-electron chi connectivity index (χ0n) is 77.3. The molecule has 19 atom stereocenters. The van der Waals surface area contributed by atoms with Crippen molar-refractivity contribution in [2.45, 2.75) is 279 Å². The molecule has 0 saturated carbocycles. The highest BCUT2D eigenvalue weighted by Crippen LogP contribution is 2.22. The molecule has 59 heteroatoms. The highest BCUT2D eigenvalue weighted by Gasteiger charge is 2.43. The number of carbonyl (C=O) groups excluding carboxylic acids is 21. The predicted molar refractivity (Wildman–Crippen MR) is 473 cm³/mol. The summed E-state index contributed by atoms with van der Waals surface area (Å²) in [5.41, 5.74) is 33.2. The fraction of sp³-hybridized carbons (Fsp3) is 0.671. The van der Waals surface area contributed by atoms with E-state index in [0.29, 0.717) is 0 Å². The second-order valence-electron chi connectivity index (χ2n) is 33.1. The van der Waals surface area contributed by atoms with Crippen molar-refractivity contribution in [1.29, 1.82) is 5.41 Å². The van der Waals surface area contributed by atoms with Crippen LogP contribution in [0.25, 0.3) is 0 Å². The van der Waals surface area contributed by atoms with Crippen molar-refractivity contribution >= 4 is 154 Å². The van der Waals surface area contributed by atoms with Gasteiger partial charge in [-0.15, -0.1) is 0 Å². The Hall–Kier alpha value is -14.2. The number of hydrogen-bond donors (Lipinski definition) is 33. The van der Waals surface area contributed by atoms with Crippen molar-refractivity contribution < 1.29 is 161 Å². The standard InChI is InChI=1S/C79H132N26O33/c1-33(2)23-43(96-70(130)46(26-54(83)112)98-69(129)44(24-34(3)4)97-74(134)50(32-107)103-76(136)60(84)37(7)108)68(128)94-41(16-18-52(81)110)67(127)93-40(13-9-10-20-80)66(126)99-47(27-57(116)117)71(131)95-42(17-19-56(114)115)78(138)105-22-12-15-51(105)75(135)101-45(25-53(82)111)64(124)88-29-55(113)92-39(14-11-21-87-79(85)86)65(125)90-36(6)63(123)102-49(31-106)73(133)100-48(28-58(118)119)72(132)104-61(38(8)109)77(137)91-35(5)62(122)89-30-59(120)121/h33-51,60-61,106-109H,9-32,80,84H2,1-8H3,(H2,81,110)(H2,82,111)(H2,83,112)(H,88,124)(H,89,122)(H,90,125)(H,91,137)(H,92,113)(H,93,127)(H,94,128)(H,95,131)(H,96,130)(H,97,134)(H,98,129)(H,99,126)(H,100,133)(H,101,135)(H,102,123)(H,103,136)(H,104,132)(H,114,115)(H,116,117)(H,118,119)(H,120,121)(H4,85,86,87)/t35-,36-,37+,38+,39-,40-,41-,42-,43-,44-,45-,46-,47-,48-,49-,50-,51-,60-,61-/m0/s1. The number of amides is 21. The molecule has 0 aromatic heterocycles. The molecule has 1 aliphatic heterocycles. The quantitative estimate of drug-likeness (QED) is 0.0153. The fourth-order valence-electron chi connectivity index (χ4n) is 13.0. The van der Waals surface area contributed by atoms with Gasteiger partial charge < -0.3 is 176 Å². The van der Waals surface area contributed by atoms with Gasteiger partial charge in [0.25, 0.3) is 0 Å². The Bertz CT molecular complexity index is 4330. The van der Waals surface area contributed by atoms with E-state index < -0.39 is 352 Å².